The molecule has 1 unspecified atom stereocenters. The zero-order chi connectivity index (χ0) is 23.1. The zero-order valence-corrected chi connectivity index (χ0v) is 17.7. The molecule has 0 fully saturated rings. The number of nitrogens with zero attached hydrogens (tertiary/aromatic N) is 1. The van der Waals surface area contributed by atoms with Crippen molar-refractivity contribution in [2.24, 2.45) is 0 Å². The van der Waals surface area contributed by atoms with Gasteiger partial charge in [0.05, 0.1) is 12.6 Å². The van der Waals surface area contributed by atoms with Crippen LogP contribution in [0.4, 0.5) is 8.78 Å². The van der Waals surface area contributed by atoms with Crippen LogP contribution in [0.25, 0.3) is 0 Å². The lowest BCUT2D eigenvalue weighted by Gasteiger charge is -2.21. The Morgan fingerprint density at radius 3 is 2.56 bits per heavy atom. The molecule has 1 amide bonds. The van der Waals surface area contributed by atoms with Gasteiger partial charge in [-0.3, -0.25) is 4.79 Å². The van der Waals surface area contributed by atoms with Crippen LogP contribution in [0.15, 0.2) is 54.6 Å². The molecule has 5 nitrogen and oxygen atoms in total. The molecular formula is C25H22F2N2O3. The Bertz CT molecular complexity index is 1170. The summed E-state index contributed by atoms with van der Waals surface area (Å²) in [6.45, 7) is 2.24. The fourth-order valence-electron chi connectivity index (χ4n) is 3.13. The van der Waals surface area contributed by atoms with E-state index in [0.29, 0.717) is 29.8 Å². The Balaban J connectivity index is 1.95. The molecule has 0 saturated carbocycles. The summed E-state index contributed by atoms with van der Waals surface area (Å²) in [5.74, 6) is 4.14. The molecular weight excluding hydrogens is 414 g/mol. The maximum atomic E-state index is 13.9. The molecule has 0 bridgehead atoms. The van der Waals surface area contributed by atoms with Crippen molar-refractivity contribution in [1.82, 2.24) is 10.3 Å². The van der Waals surface area contributed by atoms with Crippen LogP contribution in [0.1, 0.15) is 45.3 Å². The van der Waals surface area contributed by atoms with Gasteiger partial charge in [0.15, 0.2) is 0 Å². The van der Waals surface area contributed by atoms with E-state index in [-0.39, 0.29) is 17.0 Å². The highest BCUT2D eigenvalue weighted by Gasteiger charge is 2.22. The second kappa shape index (κ2) is 10.5. The molecule has 3 aromatic rings. The first-order chi connectivity index (χ1) is 15.4. The number of hydrogen-bond acceptors (Lipinski definition) is 4. The van der Waals surface area contributed by atoms with E-state index in [9.17, 15) is 18.7 Å². The number of amides is 1. The molecule has 32 heavy (non-hydrogen) atoms. The van der Waals surface area contributed by atoms with Gasteiger partial charge >= 0.3 is 0 Å². The van der Waals surface area contributed by atoms with Crippen molar-refractivity contribution in [3.63, 3.8) is 0 Å². The predicted molar refractivity (Wildman–Crippen MR) is 116 cm³/mol. The van der Waals surface area contributed by atoms with Gasteiger partial charge in [-0.15, -0.1) is 0 Å². The van der Waals surface area contributed by atoms with Crippen LogP contribution < -0.4 is 5.32 Å². The molecule has 3 rings (SSSR count). The van der Waals surface area contributed by atoms with E-state index in [4.69, 9.17) is 4.74 Å². The Morgan fingerprint density at radius 1 is 1.12 bits per heavy atom. The van der Waals surface area contributed by atoms with Gasteiger partial charge in [-0.2, -0.15) is 0 Å². The van der Waals surface area contributed by atoms with Crippen LogP contribution in [0.2, 0.25) is 0 Å². The summed E-state index contributed by atoms with van der Waals surface area (Å²) in [5.41, 5.74) is 1.93. The maximum Gasteiger partial charge on any atom is 0.270 e. The third-order valence-corrected chi connectivity index (χ3v) is 4.63. The zero-order valence-electron chi connectivity index (χ0n) is 17.7. The Hall–Kier alpha value is -3.76. The standard InChI is InChI=1S/C25H22F2N2O3/c1-16-13-17(5-3-4-12-32-2)14-22(28-16)25(31)29-24(18-6-8-19(26)9-7-18)21-15-20(27)10-11-23(21)30/h6-11,13-15,24,30H,4,12H2,1-2H3,(H,29,31). The molecule has 0 saturated heterocycles. The number of aromatic nitrogens is 1. The number of benzene rings is 2. The quantitative estimate of drug-likeness (QED) is 0.447. The van der Waals surface area contributed by atoms with Crippen LogP contribution >= 0.6 is 0 Å². The minimum absolute atomic E-state index is 0.115. The summed E-state index contributed by atoms with van der Waals surface area (Å²) in [6, 6.07) is 11.2. The fourth-order valence-corrected chi connectivity index (χ4v) is 3.13. The number of carbonyl (C=O) groups is 1. The van der Waals surface area contributed by atoms with Gasteiger partial charge in [0.2, 0.25) is 0 Å². The number of aromatic hydroxyl groups is 1. The van der Waals surface area contributed by atoms with E-state index >= 15 is 0 Å². The summed E-state index contributed by atoms with van der Waals surface area (Å²) >= 11 is 0. The normalized spacial score (nSPS) is 11.4. The number of nitrogens with one attached hydrogen (secondary N) is 1. The number of methoxy groups -OCH3 is 1. The van der Waals surface area contributed by atoms with Crippen molar-refractivity contribution >= 4 is 5.91 Å². The third-order valence-electron chi connectivity index (χ3n) is 4.63. The Morgan fingerprint density at radius 2 is 1.84 bits per heavy atom. The lowest BCUT2D eigenvalue weighted by Crippen LogP contribution is -2.30. The average Bonchev–Trinajstić information content (AvgIpc) is 2.77. The highest BCUT2D eigenvalue weighted by atomic mass is 19.1. The smallest absolute Gasteiger partial charge is 0.270 e. The second-order valence-corrected chi connectivity index (χ2v) is 7.09. The van der Waals surface area contributed by atoms with Crippen LogP contribution in [-0.4, -0.2) is 29.7 Å². The summed E-state index contributed by atoms with van der Waals surface area (Å²) in [4.78, 5) is 17.3. The van der Waals surface area contributed by atoms with Crippen molar-refractivity contribution in [2.45, 2.75) is 19.4 Å². The van der Waals surface area contributed by atoms with E-state index < -0.39 is 23.6 Å². The molecule has 0 radical (unpaired) electrons. The van der Waals surface area contributed by atoms with Crippen molar-refractivity contribution in [1.29, 1.82) is 0 Å². The van der Waals surface area contributed by atoms with Crippen LogP contribution in [-0.2, 0) is 4.74 Å². The largest absolute Gasteiger partial charge is 0.508 e. The minimum atomic E-state index is -0.933. The van der Waals surface area contributed by atoms with E-state index in [0.717, 1.165) is 12.1 Å². The molecule has 0 aliphatic rings. The minimum Gasteiger partial charge on any atom is -0.508 e. The topological polar surface area (TPSA) is 71.5 Å². The van der Waals surface area contributed by atoms with Crippen LogP contribution in [0, 0.1) is 30.4 Å². The molecule has 164 valence electrons. The van der Waals surface area contributed by atoms with Crippen molar-refractivity contribution < 1.29 is 23.4 Å². The molecule has 1 heterocycles. The first-order valence-electron chi connectivity index (χ1n) is 9.88. The lowest BCUT2D eigenvalue weighted by molar-refractivity contribution is 0.0937. The van der Waals surface area contributed by atoms with E-state index in [1.54, 1.807) is 26.2 Å². The number of phenolic OH excluding ortho intramolecular Hbond substituents is 1. The van der Waals surface area contributed by atoms with Crippen molar-refractivity contribution in [2.75, 3.05) is 13.7 Å². The summed E-state index contributed by atoms with van der Waals surface area (Å²) in [5, 5.41) is 13.1. The highest BCUT2D eigenvalue weighted by molar-refractivity contribution is 5.93. The summed E-state index contributed by atoms with van der Waals surface area (Å²) in [7, 11) is 1.59. The van der Waals surface area contributed by atoms with Crippen LogP contribution in [0.5, 0.6) is 5.75 Å². The number of phenols is 1. The maximum absolute atomic E-state index is 13.9. The number of ether oxygens (including phenoxy) is 1. The number of hydrogen-bond donors (Lipinski definition) is 2. The molecule has 2 aromatic carbocycles. The fraction of sp³-hybridized carbons (Fsp3) is 0.200. The molecule has 7 heteroatoms. The lowest BCUT2D eigenvalue weighted by atomic mass is 9.97. The molecule has 2 N–H and O–H groups in total. The average molecular weight is 436 g/mol. The molecule has 1 atom stereocenters. The first kappa shape index (κ1) is 22.9. The van der Waals surface area contributed by atoms with Gasteiger partial charge < -0.3 is 15.2 Å². The molecule has 0 aliphatic heterocycles. The summed E-state index contributed by atoms with van der Waals surface area (Å²) < 4.78 is 32.3. The SMILES string of the molecule is COCCC#Cc1cc(C)nc(C(=O)NC(c2ccc(F)cc2)c2cc(F)ccc2O)c1. The van der Waals surface area contributed by atoms with Crippen molar-refractivity contribution in [3.8, 4) is 17.6 Å². The first-order valence-corrected chi connectivity index (χ1v) is 9.88. The number of rotatable bonds is 6. The van der Waals surface area contributed by atoms with Crippen molar-refractivity contribution in [3.05, 3.63) is 94.3 Å². The van der Waals surface area contributed by atoms with Gasteiger partial charge in [-0.05, 0) is 55.0 Å². The van der Waals surface area contributed by atoms with E-state index in [2.05, 4.69) is 22.1 Å². The van der Waals surface area contributed by atoms with Gasteiger partial charge in [0.25, 0.3) is 5.91 Å². The predicted octanol–water partition coefficient (Wildman–Crippen LogP) is 4.28. The number of carbonyl (C=O) groups excluding carboxylic acids is 1. The molecule has 0 spiro atoms. The molecule has 1 aromatic heterocycles. The van der Waals surface area contributed by atoms with Gasteiger partial charge in [0.1, 0.15) is 23.1 Å². The Labute approximate surface area is 185 Å². The Kier molecular flexibility index (Phi) is 7.53. The number of halogens is 2. The molecule has 0 aliphatic carbocycles. The number of aryl methyl sites for hydroxylation is 1. The third kappa shape index (κ3) is 5.90. The highest BCUT2D eigenvalue weighted by Crippen LogP contribution is 2.30. The van der Waals surface area contributed by atoms with Gasteiger partial charge in [0, 0.05) is 30.4 Å². The van der Waals surface area contributed by atoms with Crippen LogP contribution in [0.3, 0.4) is 0 Å². The van der Waals surface area contributed by atoms with E-state index in [1.807, 2.05) is 0 Å². The van der Waals surface area contributed by atoms with Gasteiger partial charge in [-0.25, -0.2) is 13.8 Å². The monoisotopic (exact) mass is 436 g/mol. The van der Waals surface area contributed by atoms with Gasteiger partial charge in [-0.1, -0.05) is 24.0 Å². The summed E-state index contributed by atoms with van der Waals surface area (Å²) in [6.07, 6.45) is 0.547. The van der Waals surface area contributed by atoms with E-state index in [1.165, 1.54) is 30.3 Å². The number of pyridine rings is 1. The second-order valence-electron chi connectivity index (χ2n) is 7.09.